The van der Waals surface area contributed by atoms with Crippen molar-refractivity contribution < 1.29 is 18.4 Å². The molecule has 0 atom stereocenters. The van der Waals surface area contributed by atoms with Crippen molar-refractivity contribution in [1.29, 1.82) is 0 Å². The van der Waals surface area contributed by atoms with E-state index in [9.17, 15) is 18.4 Å². The fourth-order valence-corrected chi connectivity index (χ4v) is 2.81. The van der Waals surface area contributed by atoms with Crippen LogP contribution in [0.1, 0.15) is 16.8 Å². The van der Waals surface area contributed by atoms with Crippen molar-refractivity contribution in [1.82, 2.24) is 15.2 Å². The van der Waals surface area contributed by atoms with Crippen LogP contribution in [-0.2, 0) is 4.79 Å². The summed E-state index contributed by atoms with van der Waals surface area (Å²) in [7, 11) is 1.77. The lowest BCUT2D eigenvalue weighted by atomic mass is 10.1. The normalized spacial score (nSPS) is 16.0. The first-order valence-electron chi connectivity index (χ1n) is 7.90. The molecule has 1 fully saturated rings. The number of rotatable bonds is 4. The second kappa shape index (κ2) is 6.62. The highest BCUT2D eigenvalue weighted by atomic mass is 19.3. The molecule has 1 aliphatic heterocycles. The van der Waals surface area contributed by atoms with E-state index in [1.54, 1.807) is 25.2 Å². The Labute approximate surface area is 143 Å². The smallest absolute Gasteiger partial charge is 0.267 e. The zero-order chi connectivity index (χ0) is 18.0. The van der Waals surface area contributed by atoms with Crippen LogP contribution >= 0.6 is 0 Å². The number of likely N-dealkylation sites (tertiary alicyclic amines) is 1. The predicted octanol–water partition coefficient (Wildman–Crippen LogP) is 1.87. The molecule has 8 heteroatoms. The summed E-state index contributed by atoms with van der Waals surface area (Å²) in [6.07, 6.45) is 1.17. The molecule has 0 radical (unpaired) electrons. The van der Waals surface area contributed by atoms with Crippen LogP contribution in [-0.4, -0.2) is 54.3 Å². The number of nitrogens with one attached hydrogen (secondary N) is 2. The fourth-order valence-electron chi connectivity index (χ4n) is 2.81. The highest BCUT2D eigenvalue weighted by molar-refractivity contribution is 6.07. The number of fused-ring (bicyclic) bond motifs is 1. The third kappa shape index (κ3) is 3.67. The minimum absolute atomic E-state index is 0.00538. The summed E-state index contributed by atoms with van der Waals surface area (Å²) in [5.41, 5.74) is 1.85. The molecule has 2 aromatic rings. The molecule has 3 rings (SSSR count). The summed E-state index contributed by atoms with van der Waals surface area (Å²) in [5.74, 6) is -3.80. The highest BCUT2D eigenvalue weighted by Gasteiger charge is 2.40. The molecule has 6 nitrogen and oxygen atoms in total. The Hall–Kier alpha value is -2.77. The van der Waals surface area contributed by atoms with Gasteiger partial charge in [0.1, 0.15) is 0 Å². The molecule has 0 aliphatic carbocycles. The van der Waals surface area contributed by atoms with Crippen molar-refractivity contribution >= 4 is 28.4 Å². The third-order valence-electron chi connectivity index (χ3n) is 4.20. The molecule has 2 heterocycles. The number of amides is 2. The Balaban J connectivity index is 1.71. The van der Waals surface area contributed by atoms with Crippen LogP contribution in [0.15, 0.2) is 30.5 Å². The number of nitrogens with zero attached hydrogens (tertiary/aromatic N) is 2. The van der Waals surface area contributed by atoms with Crippen molar-refractivity contribution in [3.63, 3.8) is 0 Å². The molecule has 1 aromatic carbocycles. The Morgan fingerprint density at radius 2 is 2.12 bits per heavy atom. The van der Waals surface area contributed by atoms with E-state index >= 15 is 0 Å². The Kier molecular flexibility index (Phi) is 4.52. The zero-order valence-electron chi connectivity index (χ0n) is 13.7. The summed E-state index contributed by atoms with van der Waals surface area (Å²) in [6.45, 7) is -0.901. The molecule has 2 N–H and O–H groups in total. The summed E-state index contributed by atoms with van der Waals surface area (Å²) < 4.78 is 26.3. The first-order chi connectivity index (χ1) is 11.9. The van der Waals surface area contributed by atoms with E-state index in [0.29, 0.717) is 16.5 Å². The monoisotopic (exact) mass is 348 g/mol. The first kappa shape index (κ1) is 17.1. The molecule has 1 saturated heterocycles. The van der Waals surface area contributed by atoms with Gasteiger partial charge in [0.25, 0.3) is 11.8 Å². The lowest BCUT2D eigenvalue weighted by Crippen LogP contribution is -2.40. The minimum Gasteiger partial charge on any atom is -0.388 e. The van der Waals surface area contributed by atoms with Gasteiger partial charge in [-0.3, -0.25) is 14.6 Å². The van der Waals surface area contributed by atoms with Crippen LogP contribution < -0.4 is 10.6 Å². The van der Waals surface area contributed by atoms with E-state index in [2.05, 4.69) is 15.6 Å². The molecule has 2 amide bonds. The minimum atomic E-state index is -2.84. The summed E-state index contributed by atoms with van der Waals surface area (Å²) in [5, 5.41) is 6.14. The fraction of sp³-hybridized carbons (Fsp3) is 0.353. The number of hydrogen-bond donors (Lipinski definition) is 2. The second-order valence-corrected chi connectivity index (χ2v) is 5.94. The zero-order valence-corrected chi connectivity index (χ0v) is 13.7. The van der Waals surface area contributed by atoms with Gasteiger partial charge in [-0.1, -0.05) is 0 Å². The van der Waals surface area contributed by atoms with E-state index in [4.69, 9.17) is 0 Å². The third-order valence-corrected chi connectivity index (χ3v) is 4.20. The Morgan fingerprint density at radius 3 is 2.80 bits per heavy atom. The molecular formula is C17H18F2N4O2. The van der Waals surface area contributed by atoms with Crippen molar-refractivity contribution in [3.05, 3.63) is 36.0 Å². The topological polar surface area (TPSA) is 74.3 Å². The Morgan fingerprint density at radius 1 is 1.32 bits per heavy atom. The number of pyridine rings is 1. The second-order valence-electron chi connectivity index (χ2n) is 5.94. The van der Waals surface area contributed by atoms with Gasteiger partial charge in [-0.2, -0.15) is 0 Å². The number of aromatic nitrogens is 1. The molecule has 1 aromatic heterocycles. The maximum atomic E-state index is 13.2. The van der Waals surface area contributed by atoms with Crippen molar-refractivity contribution in [2.45, 2.75) is 12.3 Å². The van der Waals surface area contributed by atoms with Crippen LogP contribution in [0.25, 0.3) is 10.9 Å². The lowest BCUT2D eigenvalue weighted by molar-refractivity contribution is -0.130. The van der Waals surface area contributed by atoms with Crippen LogP contribution in [0, 0.1) is 0 Å². The molecular weight excluding hydrogens is 330 g/mol. The highest BCUT2D eigenvalue weighted by Crippen LogP contribution is 2.26. The van der Waals surface area contributed by atoms with E-state index in [0.717, 1.165) is 10.6 Å². The van der Waals surface area contributed by atoms with E-state index < -0.39 is 24.3 Å². The number of carbonyl (C=O) groups is 2. The average molecular weight is 348 g/mol. The summed E-state index contributed by atoms with van der Waals surface area (Å²) in [4.78, 5) is 29.7. The van der Waals surface area contributed by atoms with Gasteiger partial charge in [-0.15, -0.1) is 0 Å². The van der Waals surface area contributed by atoms with Crippen molar-refractivity contribution in [3.8, 4) is 0 Å². The standard InChI is InChI=1S/C17H18F2N4O2/c1-20-11-2-3-14-13(8-11)12(4-6-21-14)16(25)22-9-15(24)23-7-5-17(18,19)10-23/h2-4,6,8,20H,5,7,9-10H2,1H3,(H,22,25). The number of anilines is 1. The van der Waals surface area contributed by atoms with Gasteiger partial charge in [-0.05, 0) is 24.3 Å². The van der Waals surface area contributed by atoms with Crippen LogP contribution in [0.4, 0.5) is 14.5 Å². The lowest BCUT2D eigenvalue weighted by Gasteiger charge is -2.16. The predicted molar refractivity (Wildman–Crippen MR) is 89.8 cm³/mol. The molecule has 132 valence electrons. The van der Waals surface area contributed by atoms with Gasteiger partial charge in [0, 0.05) is 37.3 Å². The first-order valence-corrected chi connectivity index (χ1v) is 7.90. The summed E-state index contributed by atoms with van der Waals surface area (Å²) in [6, 6.07) is 6.98. The van der Waals surface area contributed by atoms with Crippen LogP contribution in [0.3, 0.4) is 0 Å². The van der Waals surface area contributed by atoms with E-state index in [1.165, 1.54) is 6.20 Å². The van der Waals surface area contributed by atoms with Crippen LogP contribution in [0.5, 0.6) is 0 Å². The molecule has 25 heavy (non-hydrogen) atoms. The molecule has 0 saturated carbocycles. The largest absolute Gasteiger partial charge is 0.388 e. The van der Waals surface area contributed by atoms with Crippen LogP contribution in [0.2, 0.25) is 0 Å². The van der Waals surface area contributed by atoms with Gasteiger partial charge in [-0.25, -0.2) is 8.78 Å². The van der Waals surface area contributed by atoms with Gasteiger partial charge in [0.15, 0.2) is 0 Å². The maximum absolute atomic E-state index is 13.2. The number of carbonyl (C=O) groups excluding carboxylic acids is 2. The quantitative estimate of drug-likeness (QED) is 0.885. The van der Waals surface area contributed by atoms with Gasteiger partial charge < -0.3 is 15.5 Å². The number of benzene rings is 1. The van der Waals surface area contributed by atoms with Gasteiger partial charge >= 0.3 is 0 Å². The molecule has 1 aliphatic rings. The van der Waals surface area contributed by atoms with Gasteiger partial charge in [0.05, 0.1) is 24.2 Å². The SMILES string of the molecule is CNc1ccc2nccc(C(=O)NCC(=O)N3CCC(F)(F)C3)c2c1. The number of hydrogen-bond acceptors (Lipinski definition) is 4. The van der Waals surface area contributed by atoms with E-state index in [-0.39, 0.29) is 19.5 Å². The van der Waals surface area contributed by atoms with Gasteiger partial charge in [0.2, 0.25) is 5.91 Å². The molecule has 0 spiro atoms. The van der Waals surface area contributed by atoms with Crippen molar-refractivity contribution in [2.75, 3.05) is 32.0 Å². The number of alkyl halides is 2. The molecule has 0 unspecified atom stereocenters. The molecule has 0 bridgehead atoms. The number of halogens is 2. The van der Waals surface area contributed by atoms with E-state index in [1.807, 2.05) is 6.07 Å². The summed E-state index contributed by atoms with van der Waals surface area (Å²) >= 11 is 0. The Bertz CT molecular complexity index is 825. The maximum Gasteiger partial charge on any atom is 0.267 e. The average Bonchev–Trinajstić information content (AvgIpc) is 2.98. The van der Waals surface area contributed by atoms with Crippen molar-refractivity contribution in [2.24, 2.45) is 0 Å².